The molecule has 0 aliphatic heterocycles. The smallest absolute Gasteiger partial charge is 0.0889 e. The molecule has 0 unspecified atom stereocenters. The van der Waals surface area contributed by atoms with Crippen molar-refractivity contribution in [2.24, 2.45) is 0 Å². The normalized spacial score (nSPS) is 10.1. The van der Waals surface area contributed by atoms with Gasteiger partial charge in [-0.3, -0.25) is 9.97 Å². The monoisotopic (exact) mass is 186 g/mol. The van der Waals surface area contributed by atoms with Crippen LogP contribution in [0.25, 0.3) is 11.4 Å². The molecule has 2 aromatic heterocycles. The van der Waals surface area contributed by atoms with Gasteiger partial charge in [0.15, 0.2) is 0 Å². The van der Waals surface area contributed by atoms with Crippen LogP contribution in [0.3, 0.4) is 0 Å². The van der Waals surface area contributed by atoms with E-state index in [4.69, 9.17) is 5.11 Å². The van der Waals surface area contributed by atoms with E-state index in [1.165, 1.54) is 0 Å². The second-order valence-electron chi connectivity index (χ2n) is 2.92. The van der Waals surface area contributed by atoms with Crippen LogP contribution >= 0.6 is 0 Å². The Morgan fingerprint density at radius 1 is 1.00 bits per heavy atom. The minimum Gasteiger partial charge on any atom is -0.392 e. The molecule has 1 N–H and O–H groups in total. The molecular formula is C11H10N2O. The first-order valence-electron chi connectivity index (χ1n) is 4.37. The van der Waals surface area contributed by atoms with Crippen molar-refractivity contribution in [1.29, 1.82) is 0 Å². The summed E-state index contributed by atoms with van der Waals surface area (Å²) < 4.78 is 0. The summed E-state index contributed by atoms with van der Waals surface area (Å²) in [5.41, 5.74) is 2.46. The number of rotatable bonds is 2. The summed E-state index contributed by atoms with van der Waals surface area (Å²) in [7, 11) is 0. The number of hydrogen-bond acceptors (Lipinski definition) is 3. The van der Waals surface area contributed by atoms with E-state index < -0.39 is 0 Å². The summed E-state index contributed by atoms with van der Waals surface area (Å²) >= 11 is 0. The first-order chi connectivity index (χ1) is 6.90. The molecule has 2 heterocycles. The minimum atomic E-state index is 0.0301. The molecule has 0 saturated heterocycles. The highest BCUT2D eigenvalue weighted by molar-refractivity contribution is 5.54. The second-order valence-corrected chi connectivity index (χ2v) is 2.92. The Kier molecular flexibility index (Phi) is 2.51. The molecule has 0 amide bonds. The van der Waals surface area contributed by atoms with E-state index in [9.17, 15) is 0 Å². The van der Waals surface area contributed by atoms with Gasteiger partial charge < -0.3 is 5.11 Å². The quantitative estimate of drug-likeness (QED) is 0.775. The molecule has 0 saturated carbocycles. The van der Waals surface area contributed by atoms with Crippen LogP contribution in [0.1, 0.15) is 5.56 Å². The van der Waals surface area contributed by atoms with Gasteiger partial charge in [0.05, 0.1) is 18.0 Å². The summed E-state index contributed by atoms with van der Waals surface area (Å²) in [4.78, 5) is 8.36. The van der Waals surface area contributed by atoms with Crippen LogP contribution in [0.2, 0.25) is 0 Å². The number of hydrogen-bond donors (Lipinski definition) is 1. The molecule has 3 nitrogen and oxygen atoms in total. The van der Waals surface area contributed by atoms with Gasteiger partial charge in [0.1, 0.15) is 0 Å². The summed E-state index contributed by atoms with van der Waals surface area (Å²) in [6, 6.07) is 9.29. The molecule has 0 aliphatic carbocycles. The number of nitrogens with zero attached hydrogens (tertiary/aromatic N) is 2. The largest absolute Gasteiger partial charge is 0.392 e. The molecule has 0 atom stereocenters. The van der Waals surface area contributed by atoms with Crippen molar-refractivity contribution in [3.8, 4) is 11.4 Å². The zero-order chi connectivity index (χ0) is 9.80. The standard InChI is InChI=1S/C11H10N2O/c14-8-9-4-6-13-11(7-9)10-3-1-2-5-12-10/h1-7,14H,8H2. The highest BCUT2D eigenvalue weighted by Crippen LogP contribution is 2.14. The maximum absolute atomic E-state index is 8.96. The maximum atomic E-state index is 8.96. The number of pyridine rings is 2. The van der Waals surface area contributed by atoms with Crippen molar-refractivity contribution in [2.75, 3.05) is 0 Å². The van der Waals surface area contributed by atoms with Crippen LogP contribution in [0.4, 0.5) is 0 Å². The lowest BCUT2D eigenvalue weighted by Gasteiger charge is -2.00. The van der Waals surface area contributed by atoms with E-state index in [0.29, 0.717) is 0 Å². The van der Waals surface area contributed by atoms with Gasteiger partial charge in [-0.25, -0.2) is 0 Å². The van der Waals surface area contributed by atoms with Gasteiger partial charge in [-0.1, -0.05) is 6.07 Å². The zero-order valence-corrected chi connectivity index (χ0v) is 7.59. The van der Waals surface area contributed by atoms with E-state index in [-0.39, 0.29) is 6.61 Å². The molecule has 0 aliphatic rings. The molecule has 2 aromatic rings. The van der Waals surface area contributed by atoms with E-state index in [1.54, 1.807) is 18.5 Å². The van der Waals surface area contributed by atoms with Crippen LogP contribution in [-0.4, -0.2) is 15.1 Å². The van der Waals surface area contributed by atoms with Crippen molar-refractivity contribution in [3.63, 3.8) is 0 Å². The van der Waals surface area contributed by atoms with Crippen molar-refractivity contribution in [2.45, 2.75) is 6.61 Å². The lowest BCUT2D eigenvalue weighted by molar-refractivity contribution is 0.282. The van der Waals surface area contributed by atoms with Crippen LogP contribution in [0, 0.1) is 0 Å². The van der Waals surface area contributed by atoms with E-state index in [1.807, 2.05) is 24.3 Å². The van der Waals surface area contributed by atoms with Crippen LogP contribution in [0.15, 0.2) is 42.7 Å². The summed E-state index contributed by atoms with van der Waals surface area (Å²) in [5, 5.41) is 8.96. The highest BCUT2D eigenvalue weighted by Gasteiger charge is 1.99. The average Bonchev–Trinajstić information content (AvgIpc) is 2.30. The predicted octanol–water partition coefficient (Wildman–Crippen LogP) is 1.64. The molecule has 0 aromatic carbocycles. The maximum Gasteiger partial charge on any atom is 0.0889 e. The van der Waals surface area contributed by atoms with Gasteiger partial charge in [-0.2, -0.15) is 0 Å². The molecule has 0 spiro atoms. The third-order valence-electron chi connectivity index (χ3n) is 1.93. The topological polar surface area (TPSA) is 46.0 Å². The number of aromatic nitrogens is 2. The fraction of sp³-hybridized carbons (Fsp3) is 0.0909. The van der Waals surface area contributed by atoms with Gasteiger partial charge in [0, 0.05) is 12.4 Å². The first-order valence-corrected chi connectivity index (χ1v) is 4.37. The average molecular weight is 186 g/mol. The summed E-state index contributed by atoms with van der Waals surface area (Å²) in [6.45, 7) is 0.0301. The van der Waals surface area contributed by atoms with Crippen LogP contribution < -0.4 is 0 Å². The Bertz CT molecular complexity index is 415. The van der Waals surface area contributed by atoms with Crippen LogP contribution in [0.5, 0.6) is 0 Å². The van der Waals surface area contributed by atoms with E-state index in [2.05, 4.69) is 9.97 Å². The Hall–Kier alpha value is -1.74. The number of aliphatic hydroxyl groups is 1. The van der Waals surface area contributed by atoms with Crippen molar-refractivity contribution < 1.29 is 5.11 Å². The minimum absolute atomic E-state index is 0.0301. The lowest BCUT2D eigenvalue weighted by atomic mass is 10.2. The Labute approximate surface area is 82.1 Å². The highest BCUT2D eigenvalue weighted by atomic mass is 16.3. The van der Waals surface area contributed by atoms with Crippen molar-refractivity contribution in [1.82, 2.24) is 9.97 Å². The van der Waals surface area contributed by atoms with Gasteiger partial charge in [-0.05, 0) is 29.8 Å². The zero-order valence-electron chi connectivity index (χ0n) is 7.59. The van der Waals surface area contributed by atoms with E-state index in [0.717, 1.165) is 17.0 Å². The Morgan fingerprint density at radius 3 is 2.57 bits per heavy atom. The molecule has 14 heavy (non-hydrogen) atoms. The van der Waals surface area contributed by atoms with Crippen molar-refractivity contribution >= 4 is 0 Å². The molecule has 70 valence electrons. The Balaban J connectivity index is 2.42. The summed E-state index contributed by atoms with van der Waals surface area (Å²) in [5.74, 6) is 0. The van der Waals surface area contributed by atoms with Gasteiger partial charge in [-0.15, -0.1) is 0 Å². The van der Waals surface area contributed by atoms with E-state index >= 15 is 0 Å². The molecule has 0 bridgehead atoms. The molecular weight excluding hydrogens is 176 g/mol. The summed E-state index contributed by atoms with van der Waals surface area (Å²) in [6.07, 6.45) is 3.40. The second kappa shape index (κ2) is 3.98. The first kappa shape index (κ1) is 8.84. The third-order valence-corrected chi connectivity index (χ3v) is 1.93. The fourth-order valence-electron chi connectivity index (χ4n) is 1.23. The number of aliphatic hydroxyl groups excluding tert-OH is 1. The SMILES string of the molecule is OCc1ccnc(-c2ccccn2)c1. The van der Waals surface area contributed by atoms with Gasteiger partial charge >= 0.3 is 0 Å². The molecule has 0 radical (unpaired) electrons. The molecule has 2 rings (SSSR count). The molecule has 3 heteroatoms. The Morgan fingerprint density at radius 2 is 1.86 bits per heavy atom. The fourth-order valence-corrected chi connectivity index (χ4v) is 1.23. The van der Waals surface area contributed by atoms with Gasteiger partial charge in [0.2, 0.25) is 0 Å². The lowest BCUT2D eigenvalue weighted by Crippen LogP contribution is -1.89. The third kappa shape index (κ3) is 1.78. The van der Waals surface area contributed by atoms with Crippen LogP contribution in [-0.2, 0) is 6.61 Å². The predicted molar refractivity (Wildman–Crippen MR) is 53.4 cm³/mol. The molecule has 0 fully saturated rings. The van der Waals surface area contributed by atoms with Crippen molar-refractivity contribution in [3.05, 3.63) is 48.3 Å². The van der Waals surface area contributed by atoms with Gasteiger partial charge in [0.25, 0.3) is 0 Å².